The number of nitrogens with zero attached hydrogens (tertiary/aromatic N) is 4. The zero-order valence-electron chi connectivity index (χ0n) is 24.4. The monoisotopic (exact) mass is 610 g/mol. The topological polar surface area (TPSA) is 67.7 Å². The maximum absolute atomic E-state index is 14.2. The van der Waals surface area contributed by atoms with Gasteiger partial charge in [0.05, 0.1) is 18.8 Å². The molecular weight excluding hydrogens is 574 g/mol. The standard InChI is InChI=1S/C33H37ClF2N4O3/c1-2-43-33(42)28-19-37-40(30(28)31(35)36)26-4-3-15-39(20-26)29-18-25(34)11-12-27(29)23-7-5-21(6-8-23)22-13-16-38(17-14-22)32(41)24-9-10-24/h5-8,11-12,18-19,22,24,26,31H,2-4,9-10,13-17,20H2,1H3. The van der Waals surface area contributed by atoms with Crippen molar-refractivity contribution < 1.29 is 23.1 Å². The number of rotatable bonds is 8. The van der Waals surface area contributed by atoms with Gasteiger partial charge in [0.15, 0.2) is 0 Å². The molecule has 1 amide bonds. The number of halogens is 3. The molecule has 10 heteroatoms. The van der Waals surface area contributed by atoms with Gasteiger partial charge in [0, 0.05) is 48.4 Å². The fraction of sp³-hybridized carbons (Fsp3) is 0.485. The van der Waals surface area contributed by atoms with Gasteiger partial charge in [0.1, 0.15) is 11.3 Å². The molecule has 3 fully saturated rings. The third-order valence-electron chi connectivity index (χ3n) is 9.01. The van der Waals surface area contributed by atoms with Crippen molar-refractivity contribution in [3.63, 3.8) is 0 Å². The number of hydrogen-bond donors (Lipinski definition) is 0. The third kappa shape index (κ3) is 6.28. The number of hydrogen-bond acceptors (Lipinski definition) is 5. The zero-order valence-corrected chi connectivity index (χ0v) is 25.1. The SMILES string of the molecule is CCOC(=O)c1cnn(C2CCCN(c3cc(Cl)ccc3-c3ccc(C4CCN(C(=O)C5CC5)CC4)cc3)C2)c1C(F)F. The average Bonchev–Trinajstić information content (AvgIpc) is 3.78. The molecule has 2 aliphatic heterocycles. The second-order valence-corrected chi connectivity index (χ2v) is 12.2. The van der Waals surface area contributed by atoms with E-state index in [1.165, 1.54) is 16.4 Å². The van der Waals surface area contributed by atoms with E-state index in [1.54, 1.807) is 6.92 Å². The zero-order chi connectivity index (χ0) is 30.1. The minimum atomic E-state index is -2.86. The van der Waals surface area contributed by atoms with Crippen molar-refractivity contribution in [1.29, 1.82) is 0 Å². The van der Waals surface area contributed by atoms with Gasteiger partial charge in [-0.25, -0.2) is 13.6 Å². The van der Waals surface area contributed by atoms with E-state index in [0.29, 0.717) is 29.8 Å². The molecule has 2 saturated heterocycles. The quantitative estimate of drug-likeness (QED) is 0.251. The number of esters is 1. The Bertz CT molecular complexity index is 1470. The van der Waals surface area contributed by atoms with Crippen LogP contribution < -0.4 is 4.90 Å². The number of benzene rings is 2. The number of amides is 1. The Morgan fingerprint density at radius 2 is 1.77 bits per heavy atom. The molecule has 1 aliphatic carbocycles. The van der Waals surface area contributed by atoms with Crippen LogP contribution in [0.5, 0.6) is 0 Å². The van der Waals surface area contributed by atoms with Crippen molar-refractivity contribution in [2.75, 3.05) is 37.7 Å². The Kier molecular flexibility index (Phi) is 8.71. The van der Waals surface area contributed by atoms with Gasteiger partial charge >= 0.3 is 5.97 Å². The van der Waals surface area contributed by atoms with E-state index in [2.05, 4.69) is 34.3 Å². The number of ether oxygens (including phenoxy) is 1. The van der Waals surface area contributed by atoms with Gasteiger partial charge in [-0.05, 0) is 74.6 Å². The maximum Gasteiger partial charge on any atom is 0.341 e. The minimum Gasteiger partial charge on any atom is -0.462 e. The summed E-state index contributed by atoms with van der Waals surface area (Å²) in [7, 11) is 0. The largest absolute Gasteiger partial charge is 0.462 e. The van der Waals surface area contributed by atoms with Crippen molar-refractivity contribution in [2.24, 2.45) is 5.92 Å². The van der Waals surface area contributed by atoms with Crippen LogP contribution in [-0.4, -0.2) is 59.3 Å². The number of likely N-dealkylation sites (tertiary alicyclic amines) is 1. The molecule has 43 heavy (non-hydrogen) atoms. The summed E-state index contributed by atoms with van der Waals surface area (Å²) in [6, 6.07) is 14.1. The number of piperidine rings is 2. The Morgan fingerprint density at radius 1 is 1.02 bits per heavy atom. The van der Waals surface area contributed by atoms with Crippen LogP contribution in [0.3, 0.4) is 0 Å². The van der Waals surface area contributed by atoms with Gasteiger partial charge < -0.3 is 14.5 Å². The summed E-state index contributed by atoms with van der Waals surface area (Å²) in [5.41, 5.74) is 3.71. The molecule has 1 atom stereocenters. The normalized spacial score (nSPS) is 19.6. The van der Waals surface area contributed by atoms with E-state index >= 15 is 0 Å². The molecule has 3 heterocycles. The van der Waals surface area contributed by atoms with Crippen LogP contribution in [0, 0.1) is 5.92 Å². The van der Waals surface area contributed by atoms with E-state index in [4.69, 9.17) is 16.3 Å². The highest BCUT2D eigenvalue weighted by Gasteiger charge is 2.35. The fourth-order valence-corrected chi connectivity index (χ4v) is 6.75. The molecular formula is C33H37ClF2N4O3. The molecule has 1 saturated carbocycles. The molecule has 1 aromatic heterocycles. The van der Waals surface area contributed by atoms with Crippen LogP contribution in [0.1, 0.15) is 85.4 Å². The second-order valence-electron chi connectivity index (χ2n) is 11.8. The lowest BCUT2D eigenvalue weighted by atomic mass is 9.88. The van der Waals surface area contributed by atoms with E-state index in [0.717, 1.165) is 68.6 Å². The molecule has 0 radical (unpaired) electrons. The summed E-state index contributed by atoms with van der Waals surface area (Å²) in [4.78, 5) is 29.0. The van der Waals surface area contributed by atoms with E-state index in [1.807, 2.05) is 23.1 Å². The van der Waals surface area contributed by atoms with Crippen molar-refractivity contribution in [2.45, 2.75) is 63.8 Å². The first-order chi connectivity index (χ1) is 20.8. The van der Waals surface area contributed by atoms with Crippen molar-refractivity contribution >= 4 is 29.2 Å². The smallest absolute Gasteiger partial charge is 0.341 e. The highest BCUT2D eigenvalue weighted by molar-refractivity contribution is 6.31. The molecule has 7 nitrogen and oxygen atoms in total. The van der Waals surface area contributed by atoms with Crippen LogP contribution in [0.2, 0.25) is 5.02 Å². The summed E-state index contributed by atoms with van der Waals surface area (Å²) >= 11 is 6.47. The Balaban J connectivity index is 1.20. The molecule has 228 valence electrons. The van der Waals surface area contributed by atoms with Crippen LogP contribution in [-0.2, 0) is 9.53 Å². The first kappa shape index (κ1) is 29.6. The first-order valence-electron chi connectivity index (χ1n) is 15.3. The van der Waals surface area contributed by atoms with Gasteiger partial charge in [0.25, 0.3) is 6.43 Å². The lowest BCUT2D eigenvalue weighted by Crippen LogP contribution is -2.38. The Hall–Kier alpha value is -3.46. The molecule has 0 spiro atoms. The van der Waals surface area contributed by atoms with Gasteiger partial charge in [-0.1, -0.05) is 41.9 Å². The molecule has 6 rings (SSSR count). The summed E-state index contributed by atoms with van der Waals surface area (Å²) in [6.07, 6.45) is 3.81. The van der Waals surface area contributed by atoms with E-state index in [-0.39, 0.29) is 24.1 Å². The Labute approximate surface area is 255 Å². The maximum atomic E-state index is 14.2. The van der Waals surface area contributed by atoms with Crippen molar-refractivity contribution in [1.82, 2.24) is 14.7 Å². The number of carbonyl (C=O) groups is 2. The summed E-state index contributed by atoms with van der Waals surface area (Å²) < 4.78 is 34.7. The molecule has 0 N–H and O–H groups in total. The lowest BCUT2D eigenvalue weighted by Gasteiger charge is -2.36. The molecule has 0 bridgehead atoms. The van der Waals surface area contributed by atoms with Crippen LogP contribution in [0.15, 0.2) is 48.7 Å². The minimum absolute atomic E-state index is 0.100. The van der Waals surface area contributed by atoms with E-state index in [9.17, 15) is 18.4 Å². The molecule has 2 aromatic carbocycles. The molecule has 3 aliphatic rings. The Morgan fingerprint density at radius 3 is 2.44 bits per heavy atom. The summed E-state index contributed by atoms with van der Waals surface area (Å²) in [5, 5.41) is 4.83. The second kappa shape index (κ2) is 12.6. The van der Waals surface area contributed by atoms with Crippen LogP contribution in [0.25, 0.3) is 11.1 Å². The van der Waals surface area contributed by atoms with Crippen molar-refractivity contribution in [3.8, 4) is 11.1 Å². The third-order valence-corrected chi connectivity index (χ3v) is 9.24. The van der Waals surface area contributed by atoms with Crippen LogP contribution >= 0.6 is 11.6 Å². The van der Waals surface area contributed by atoms with Gasteiger partial charge in [-0.2, -0.15) is 5.10 Å². The highest BCUT2D eigenvalue weighted by atomic mass is 35.5. The van der Waals surface area contributed by atoms with E-state index < -0.39 is 18.1 Å². The predicted octanol–water partition coefficient (Wildman–Crippen LogP) is 7.28. The van der Waals surface area contributed by atoms with Crippen LogP contribution in [0.4, 0.5) is 14.5 Å². The predicted molar refractivity (Wildman–Crippen MR) is 162 cm³/mol. The van der Waals surface area contributed by atoms with Gasteiger partial charge in [0.2, 0.25) is 5.91 Å². The highest BCUT2D eigenvalue weighted by Crippen LogP contribution is 2.39. The summed E-state index contributed by atoms with van der Waals surface area (Å²) in [6.45, 7) is 4.59. The number of alkyl halides is 2. The van der Waals surface area contributed by atoms with Gasteiger partial charge in [-0.15, -0.1) is 0 Å². The number of aromatic nitrogens is 2. The van der Waals surface area contributed by atoms with Gasteiger partial charge in [-0.3, -0.25) is 9.48 Å². The number of carbonyl (C=O) groups excluding carboxylic acids is 2. The number of anilines is 1. The lowest BCUT2D eigenvalue weighted by molar-refractivity contribution is -0.133. The molecule has 1 unspecified atom stereocenters. The fourth-order valence-electron chi connectivity index (χ4n) is 6.59. The first-order valence-corrected chi connectivity index (χ1v) is 15.7. The van der Waals surface area contributed by atoms with Crippen molar-refractivity contribution in [3.05, 3.63) is 70.5 Å². The average molecular weight is 611 g/mol. The molecule has 3 aromatic rings. The summed E-state index contributed by atoms with van der Waals surface area (Å²) in [5.74, 6) is 0.256.